The average molecular weight is 351 g/mol. The summed E-state index contributed by atoms with van der Waals surface area (Å²) in [5.74, 6) is -0.470. The van der Waals surface area contributed by atoms with Crippen LogP contribution in [0.1, 0.15) is 27.2 Å². The van der Waals surface area contributed by atoms with E-state index >= 15 is 0 Å². The van der Waals surface area contributed by atoms with Gasteiger partial charge in [-0.25, -0.2) is 4.39 Å². The molecular weight excluding hydrogens is 329 g/mol. The Morgan fingerprint density at radius 1 is 1.08 bits per heavy atom. The van der Waals surface area contributed by atoms with Crippen LogP contribution in [0, 0.1) is 19.7 Å². The predicted octanol–water partition coefficient (Wildman–Crippen LogP) is 3.82. The summed E-state index contributed by atoms with van der Waals surface area (Å²) in [6.45, 7) is 4.61. The first-order valence-corrected chi connectivity index (χ1v) is 8.58. The largest absolute Gasteiger partial charge is 0.350 e. The summed E-state index contributed by atoms with van der Waals surface area (Å²) in [6.07, 6.45) is 0.642. The topological polar surface area (TPSA) is 46.9 Å². The SMILES string of the molecule is Cc1ccc(-c2cc(C(=O)NCCc3ccc(F)cc3)nn2C)cc1C. The molecule has 0 aliphatic rings. The summed E-state index contributed by atoms with van der Waals surface area (Å²) in [5, 5.41) is 7.20. The molecule has 0 bridgehead atoms. The zero-order valence-electron chi connectivity index (χ0n) is 15.2. The number of aryl methyl sites for hydroxylation is 3. The van der Waals surface area contributed by atoms with Crippen molar-refractivity contribution >= 4 is 5.91 Å². The van der Waals surface area contributed by atoms with E-state index in [1.165, 1.54) is 23.3 Å². The maximum atomic E-state index is 12.9. The standard InChI is InChI=1S/C21H22FN3O/c1-14-4-7-17(12-15(14)2)20-13-19(24-25(20)3)21(26)23-11-10-16-5-8-18(22)9-6-16/h4-9,12-13H,10-11H2,1-3H3,(H,23,26). The van der Waals surface area contributed by atoms with E-state index in [0.717, 1.165) is 16.8 Å². The fraction of sp³-hybridized carbons (Fsp3) is 0.238. The molecular formula is C21H22FN3O. The summed E-state index contributed by atoms with van der Waals surface area (Å²) in [4.78, 5) is 12.4. The summed E-state index contributed by atoms with van der Waals surface area (Å²) >= 11 is 0. The molecule has 0 fully saturated rings. The van der Waals surface area contributed by atoms with Gasteiger partial charge >= 0.3 is 0 Å². The molecule has 0 radical (unpaired) electrons. The number of halogens is 1. The van der Waals surface area contributed by atoms with Gasteiger partial charge in [0.05, 0.1) is 5.69 Å². The Morgan fingerprint density at radius 3 is 2.50 bits per heavy atom. The van der Waals surface area contributed by atoms with Crippen LogP contribution in [0.3, 0.4) is 0 Å². The molecule has 0 unspecified atom stereocenters. The molecule has 134 valence electrons. The Balaban J connectivity index is 1.66. The van der Waals surface area contributed by atoms with Crippen LogP contribution in [-0.4, -0.2) is 22.2 Å². The second-order valence-electron chi connectivity index (χ2n) is 6.47. The van der Waals surface area contributed by atoms with Crippen molar-refractivity contribution in [1.82, 2.24) is 15.1 Å². The number of hydrogen-bond acceptors (Lipinski definition) is 2. The lowest BCUT2D eigenvalue weighted by Crippen LogP contribution is -2.26. The third-order valence-corrected chi connectivity index (χ3v) is 4.53. The van der Waals surface area contributed by atoms with Gasteiger partial charge in [0.2, 0.25) is 0 Å². The van der Waals surface area contributed by atoms with Gasteiger partial charge in [-0.2, -0.15) is 5.10 Å². The van der Waals surface area contributed by atoms with E-state index in [-0.39, 0.29) is 11.7 Å². The smallest absolute Gasteiger partial charge is 0.271 e. The van der Waals surface area contributed by atoms with Crippen LogP contribution in [0.4, 0.5) is 4.39 Å². The van der Waals surface area contributed by atoms with Gasteiger partial charge in [-0.15, -0.1) is 0 Å². The zero-order chi connectivity index (χ0) is 18.7. The van der Waals surface area contributed by atoms with Gasteiger partial charge in [0, 0.05) is 19.2 Å². The maximum Gasteiger partial charge on any atom is 0.271 e. The molecule has 0 aliphatic carbocycles. The molecule has 0 saturated heterocycles. The van der Waals surface area contributed by atoms with Gasteiger partial charge in [0.25, 0.3) is 5.91 Å². The Hall–Kier alpha value is -2.95. The van der Waals surface area contributed by atoms with Gasteiger partial charge in [0.15, 0.2) is 5.69 Å². The Labute approximate surface area is 152 Å². The second kappa shape index (κ2) is 7.52. The fourth-order valence-electron chi connectivity index (χ4n) is 2.81. The number of carbonyl (C=O) groups is 1. The van der Waals surface area contributed by atoms with E-state index in [1.54, 1.807) is 22.9 Å². The predicted molar refractivity (Wildman–Crippen MR) is 101 cm³/mol. The van der Waals surface area contributed by atoms with Crippen molar-refractivity contribution in [3.8, 4) is 11.3 Å². The van der Waals surface area contributed by atoms with E-state index in [4.69, 9.17) is 0 Å². The zero-order valence-corrected chi connectivity index (χ0v) is 15.2. The molecule has 0 saturated carbocycles. The van der Waals surface area contributed by atoms with Crippen LogP contribution >= 0.6 is 0 Å². The number of aromatic nitrogens is 2. The molecule has 5 heteroatoms. The molecule has 2 aromatic carbocycles. The van der Waals surface area contributed by atoms with Crippen molar-refractivity contribution in [3.63, 3.8) is 0 Å². The number of benzene rings is 2. The van der Waals surface area contributed by atoms with Gasteiger partial charge in [-0.1, -0.05) is 24.3 Å². The molecule has 1 heterocycles. The number of nitrogens with zero attached hydrogens (tertiary/aromatic N) is 2. The normalized spacial score (nSPS) is 10.8. The van der Waals surface area contributed by atoms with E-state index in [2.05, 4.69) is 36.4 Å². The molecule has 0 aliphatic heterocycles. The summed E-state index contributed by atoms with van der Waals surface area (Å²) < 4.78 is 14.6. The minimum absolute atomic E-state index is 0.210. The van der Waals surface area contributed by atoms with Crippen molar-refractivity contribution < 1.29 is 9.18 Å². The monoisotopic (exact) mass is 351 g/mol. The highest BCUT2D eigenvalue weighted by molar-refractivity contribution is 5.93. The Kier molecular flexibility index (Phi) is 5.16. The molecule has 1 aromatic heterocycles. The number of hydrogen-bond donors (Lipinski definition) is 1. The lowest BCUT2D eigenvalue weighted by molar-refractivity contribution is 0.0948. The molecule has 1 amide bonds. The van der Waals surface area contributed by atoms with Crippen LogP contribution < -0.4 is 5.32 Å². The van der Waals surface area contributed by atoms with Crippen LogP contribution in [0.5, 0.6) is 0 Å². The van der Waals surface area contributed by atoms with E-state index < -0.39 is 0 Å². The van der Waals surface area contributed by atoms with E-state index in [9.17, 15) is 9.18 Å². The maximum absolute atomic E-state index is 12.9. The average Bonchev–Trinajstić information content (AvgIpc) is 3.01. The first kappa shape index (κ1) is 17.9. The van der Waals surface area contributed by atoms with Crippen LogP contribution in [-0.2, 0) is 13.5 Å². The van der Waals surface area contributed by atoms with Crippen LogP contribution in [0.25, 0.3) is 11.3 Å². The quantitative estimate of drug-likeness (QED) is 0.760. The first-order chi connectivity index (χ1) is 12.4. The Bertz CT molecular complexity index is 929. The number of amides is 1. The molecule has 26 heavy (non-hydrogen) atoms. The third kappa shape index (κ3) is 3.99. The number of carbonyl (C=O) groups excluding carboxylic acids is 1. The van der Waals surface area contributed by atoms with Crippen molar-refractivity contribution in [1.29, 1.82) is 0 Å². The van der Waals surface area contributed by atoms with Gasteiger partial charge in [-0.05, 0) is 61.2 Å². The van der Waals surface area contributed by atoms with Crippen molar-refractivity contribution in [2.75, 3.05) is 6.54 Å². The van der Waals surface area contributed by atoms with Crippen LogP contribution in [0.2, 0.25) is 0 Å². The Morgan fingerprint density at radius 2 is 1.81 bits per heavy atom. The lowest BCUT2D eigenvalue weighted by Gasteiger charge is -2.05. The molecule has 0 atom stereocenters. The van der Waals surface area contributed by atoms with Crippen molar-refractivity contribution in [2.45, 2.75) is 20.3 Å². The summed E-state index contributed by atoms with van der Waals surface area (Å²) in [5.41, 5.74) is 5.73. The van der Waals surface area contributed by atoms with Crippen molar-refractivity contribution in [2.24, 2.45) is 7.05 Å². The molecule has 3 rings (SSSR count). The summed E-state index contributed by atoms with van der Waals surface area (Å²) in [7, 11) is 1.83. The minimum Gasteiger partial charge on any atom is -0.350 e. The number of nitrogens with one attached hydrogen (secondary N) is 1. The molecule has 4 nitrogen and oxygen atoms in total. The fourth-order valence-corrected chi connectivity index (χ4v) is 2.81. The lowest BCUT2D eigenvalue weighted by atomic mass is 10.0. The van der Waals surface area contributed by atoms with E-state index in [1.807, 2.05) is 13.1 Å². The highest BCUT2D eigenvalue weighted by Gasteiger charge is 2.14. The van der Waals surface area contributed by atoms with Gasteiger partial charge in [-0.3, -0.25) is 9.48 Å². The van der Waals surface area contributed by atoms with E-state index in [0.29, 0.717) is 18.7 Å². The third-order valence-electron chi connectivity index (χ3n) is 4.53. The molecule has 0 spiro atoms. The number of rotatable bonds is 5. The van der Waals surface area contributed by atoms with Crippen molar-refractivity contribution in [3.05, 3.63) is 76.7 Å². The minimum atomic E-state index is -0.259. The van der Waals surface area contributed by atoms with Crippen LogP contribution in [0.15, 0.2) is 48.5 Å². The van der Waals surface area contributed by atoms with Gasteiger partial charge < -0.3 is 5.32 Å². The van der Waals surface area contributed by atoms with Gasteiger partial charge in [0.1, 0.15) is 5.82 Å². The highest BCUT2D eigenvalue weighted by Crippen LogP contribution is 2.22. The molecule has 1 N–H and O–H groups in total. The summed E-state index contributed by atoms with van der Waals surface area (Å²) in [6, 6.07) is 14.3. The first-order valence-electron chi connectivity index (χ1n) is 8.58. The highest BCUT2D eigenvalue weighted by atomic mass is 19.1. The second-order valence-corrected chi connectivity index (χ2v) is 6.47. The molecule has 3 aromatic rings.